The molecular formula is C21H25N3O. The molecule has 2 aromatic carbocycles. The first kappa shape index (κ1) is 17.2. The van der Waals surface area contributed by atoms with E-state index < -0.39 is 5.41 Å². The summed E-state index contributed by atoms with van der Waals surface area (Å²) < 4.78 is 2.08. The Morgan fingerprint density at radius 1 is 1.08 bits per heavy atom. The summed E-state index contributed by atoms with van der Waals surface area (Å²) in [4.78, 5) is 17.4. The Hall–Kier alpha value is -2.62. The van der Waals surface area contributed by atoms with E-state index in [1.165, 1.54) is 5.56 Å². The fraction of sp³-hybridized carbons (Fsp3) is 0.333. The van der Waals surface area contributed by atoms with Crippen LogP contribution in [-0.2, 0) is 18.3 Å². The number of aromatic nitrogens is 2. The number of aryl methyl sites for hydroxylation is 1. The third kappa shape index (κ3) is 3.73. The standard InChI is InChI=1S/C21H25N3O/c1-21(2,3)20(25)23-17(14-15-10-6-5-7-11-15)19-22-16-12-8-9-13-18(16)24(19)4/h5-13,17H,14H2,1-4H3,(H,23,25). The Labute approximate surface area is 148 Å². The highest BCUT2D eigenvalue weighted by atomic mass is 16.2. The zero-order valence-electron chi connectivity index (χ0n) is 15.3. The van der Waals surface area contributed by atoms with E-state index in [1.54, 1.807) is 0 Å². The van der Waals surface area contributed by atoms with E-state index in [9.17, 15) is 4.79 Å². The van der Waals surface area contributed by atoms with Crippen LogP contribution >= 0.6 is 0 Å². The number of carbonyl (C=O) groups is 1. The molecule has 1 N–H and O–H groups in total. The second kappa shape index (κ2) is 6.71. The van der Waals surface area contributed by atoms with Crippen LogP contribution in [0.1, 0.15) is 38.2 Å². The Morgan fingerprint density at radius 3 is 2.36 bits per heavy atom. The van der Waals surface area contributed by atoms with Gasteiger partial charge in [0, 0.05) is 12.5 Å². The van der Waals surface area contributed by atoms with Crippen LogP contribution in [0.4, 0.5) is 0 Å². The minimum absolute atomic E-state index is 0.0282. The summed E-state index contributed by atoms with van der Waals surface area (Å²) in [5.41, 5.74) is 2.75. The van der Waals surface area contributed by atoms with Crippen LogP contribution in [0.3, 0.4) is 0 Å². The first-order valence-corrected chi connectivity index (χ1v) is 8.62. The van der Waals surface area contributed by atoms with Crippen LogP contribution in [0.25, 0.3) is 11.0 Å². The third-order valence-electron chi connectivity index (χ3n) is 4.40. The predicted molar refractivity (Wildman–Crippen MR) is 101 cm³/mol. The molecule has 0 fully saturated rings. The Balaban J connectivity index is 2.00. The van der Waals surface area contributed by atoms with Crippen LogP contribution in [0, 0.1) is 5.41 Å². The summed E-state index contributed by atoms with van der Waals surface area (Å²) in [7, 11) is 2.01. The molecule has 0 bridgehead atoms. The van der Waals surface area contributed by atoms with Gasteiger partial charge in [-0.25, -0.2) is 4.98 Å². The van der Waals surface area contributed by atoms with Gasteiger partial charge in [-0.2, -0.15) is 0 Å². The van der Waals surface area contributed by atoms with Crippen LogP contribution in [-0.4, -0.2) is 15.5 Å². The molecule has 4 nitrogen and oxygen atoms in total. The molecule has 0 saturated heterocycles. The number of rotatable bonds is 4. The van der Waals surface area contributed by atoms with E-state index in [1.807, 2.05) is 64.2 Å². The van der Waals surface area contributed by atoms with Crippen molar-refractivity contribution < 1.29 is 4.79 Å². The van der Waals surface area contributed by atoms with Gasteiger partial charge in [0.15, 0.2) is 0 Å². The van der Waals surface area contributed by atoms with Crippen LogP contribution in [0.15, 0.2) is 54.6 Å². The summed E-state index contributed by atoms with van der Waals surface area (Å²) in [6, 6.07) is 18.1. The largest absolute Gasteiger partial charge is 0.345 e. The summed E-state index contributed by atoms with van der Waals surface area (Å²) in [5, 5.41) is 3.20. The highest BCUT2D eigenvalue weighted by Crippen LogP contribution is 2.24. The normalized spacial score (nSPS) is 13.0. The van der Waals surface area contributed by atoms with Crippen molar-refractivity contribution in [1.82, 2.24) is 14.9 Å². The molecule has 3 rings (SSSR count). The lowest BCUT2D eigenvalue weighted by Crippen LogP contribution is -2.39. The van der Waals surface area contributed by atoms with Crippen LogP contribution < -0.4 is 5.32 Å². The molecule has 0 aliphatic heterocycles. The molecule has 1 heterocycles. The number of carbonyl (C=O) groups excluding carboxylic acids is 1. The zero-order valence-corrected chi connectivity index (χ0v) is 15.3. The first-order valence-electron chi connectivity index (χ1n) is 8.62. The molecule has 0 saturated carbocycles. The fourth-order valence-electron chi connectivity index (χ4n) is 2.91. The number of amides is 1. The van der Waals surface area contributed by atoms with Crippen molar-refractivity contribution in [3.63, 3.8) is 0 Å². The van der Waals surface area contributed by atoms with Crippen LogP contribution in [0.5, 0.6) is 0 Å². The second-order valence-corrected chi connectivity index (χ2v) is 7.48. The highest BCUT2D eigenvalue weighted by molar-refractivity contribution is 5.82. The molecule has 4 heteroatoms. The lowest BCUT2D eigenvalue weighted by molar-refractivity contribution is -0.129. The van der Waals surface area contributed by atoms with Gasteiger partial charge in [-0.05, 0) is 24.1 Å². The average Bonchev–Trinajstić information content (AvgIpc) is 2.91. The molecular weight excluding hydrogens is 310 g/mol. The summed E-state index contributed by atoms with van der Waals surface area (Å²) in [6.45, 7) is 5.78. The average molecular weight is 335 g/mol. The van der Waals surface area contributed by atoms with Crippen molar-refractivity contribution in [2.75, 3.05) is 0 Å². The maximum Gasteiger partial charge on any atom is 0.225 e. The van der Waals surface area contributed by atoms with Crippen molar-refractivity contribution in [2.24, 2.45) is 12.5 Å². The van der Waals surface area contributed by atoms with Gasteiger partial charge in [0.25, 0.3) is 0 Å². The molecule has 0 aliphatic carbocycles. The summed E-state index contributed by atoms with van der Waals surface area (Å²) >= 11 is 0. The first-order chi connectivity index (χ1) is 11.9. The van der Waals surface area contributed by atoms with Gasteiger partial charge in [-0.3, -0.25) is 4.79 Å². The zero-order chi connectivity index (χ0) is 18.0. The van der Waals surface area contributed by atoms with Crippen molar-refractivity contribution in [2.45, 2.75) is 33.2 Å². The quantitative estimate of drug-likeness (QED) is 0.783. The van der Waals surface area contributed by atoms with E-state index in [4.69, 9.17) is 4.98 Å². The van der Waals surface area contributed by atoms with Crippen LogP contribution in [0.2, 0.25) is 0 Å². The molecule has 1 amide bonds. The minimum atomic E-state index is -0.445. The molecule has 3 aromatic rings. The topological polar surface area (TPSA) is 46.9 Å². The SMILES string of the molecule is Cn1c(C(Cc2ccccc2)NC(=O)C(C)(C)C)nc2ccccc21. The number of hydrogen-bond donors (Lipinski definition) is 1. The van der Waals surface area contributed by atoms with Crippen molar-refractivity contribution in [1.29, 1.82) is 0 Å². The number of nitrogens with one attached hydrogen (secondary N) is 1. The summed E-state index contributed by atoms with van der Waals surface area (Å²) in [5.74, 6) is 0.906. The lowest BCUT2D eigenvalue weighted by atomic mass is 9.94. The third-order valence-corrected chi connectivity index (χ3v) is 4.40. The number of imidazole rings is 1. The Bertz CT molecular complexity index is 875. The molecule has 1 atom stereocenters. The molecule has 1 unspecified atom stereocenters. The number of nitrogens with zero attached hydrogens (tertiary/aromatic N) is 2. The molecule has 0 radical (unpaired) electrons. The Kier molecular flexibility index (Phi) is 4.62. The van der Waals surface area contributed by atoms with E-state index in [0.717, 1.165) is 16.9 Å². The van der Waals surface area contributed by atoms with E-state index in [0.29, 0.717) is 6.42 Å². The summed E-state index contributed by atoms with van der Waals surface area (Å²) in [6.07, 6.45) is 0.708. The van der Waals surface area contributed by atoms with E-state index >= 15 is 0 Å². The van der Waals surface area contributed by atoms with Gasteiger partial charge in [0.2, 0.25) is 5.91 Å². The highest BCUT2D eigenvalue weighted by Gasteiger charge is 2.27. The lowest BCUT2D eigenvalue weighted by Gasteiger charge is -2.24. The minimum Gasteiger partial charge on any atom is -0.345 e. The molecule has 25 heavy (non-hydrogen) atoms. The predicted octanol–water partition coefficient (Wildman–Crippen LogP) is 4.02. The maximum absolute atomic E-state index is 12.6. The number of fused-ring (bicyclic) bond motifs is 1. The van der Waals surface area contributed by atoms with Gasteiger partial charge >= 0.3 is 0 Å². The van der Waals surface area contributed by atoms with Gasteiger partial charge in [-0.15, -0.1) is 0 Å². The van der Waals surface area contributed by atoms with Gasteiger partial charge in [0.05, 0.1) is 17.1 Å². The Morgan fingerprint density at radius 2 is 1.72 bits per heavy atom. The monoisotopic (exact) mass is 335 g/mol. The maximum atomic E-state index is 12.6. The van der Waals surface area contributed by atoms with Gasteiger partial charge in [-0.1, -0.05) is 63.2 Å². The molecule has 0 spiro atoms. The van der Waals surface area contributed by atoms with E-state index in [-0.39, 0.29) is 11.9 Å². The second-order valence-electron chi connectivity index (χ2n) is 7.48. The van der Waals surface area contributed by atoms with Crippen molar-refractivity contribution in [3.8, 4) is 0 Å². The number of benzene rings is 2. The van der Waals surface area contributed by atoms with E-state index in [2.05, 4.69) is 28.1 Å². The van der Waals surface area contributed by atoms with Crippen molar-refractivity contribution in [3.05, 3.63) is 66.0 Å². The smallest absolute Gasteiger partial charge is 0.225 e. The van der Waals surface area contributed by atoms with Crippen molar-refractivity contribution >= 4 is 16.9 Å². The molecule has 130 valence electrons. The van der Waals surface area contributed by atoms with Gasteiger partial charge in [0.1, 0.15) is 5.82 Å². The number of hydrogen-bond acceptors (Lipinski definition) is 2. The fourth-order valence-corrected chi connectivity index (χ4v) is 2.91. The number of para-hydroxylation sites is 2. The van der Waals surface area contributed by atoms with Gasteiger partial charge < -0.3 is 9.88 Å². The molecule has 1 aromatic heterocycles. The molecule has 0 aliphatic rings.